The van der Waals surface area contributed by atoms with Crippen LogP contribution in [0.3, 0.4) is 0 Å². The number of Topliss-reactive ketones (excluding diaryl/α,β-unsaturated/α-hetero) is 1. The largest absolute Gasteiger partial charge is 0.454 e. The summed E-state index contributed by atoms with van der Waals surface area (Å²) in [6.07, 6.45) is 1.95. The molecule has 1 heterocycles. The fourth-order valence-electron chi connectivity index (χ4n) is 2.51. The van der Waals surface area contributed by atoms with Crippen LogP contribution in [0.2, 0.25) is 0 Å². The summed E-state index contributed by atoms with van der Waals surface area (Å²) in [6, 6.07) is 12.9. The number of rotatable bonds is 5. The molecule has 3 rings (SSSR count). The third kappa shape index (κ3) is 3.91. The number of aromatic nitrogens is 1. The molecule has 0 amide bonds. The van der Waals surface area contributed by atoms with Crippen LogP contribution >= 0.6 is 11.8 Å². The lowest BCUT2D eigenvalue weighted by Crippen LogP contribution is -2.15. The van der Waals surface area contributed by atoms with Gasteiger partial charge in [-0.1, -0.05) is 12.1 Å². The van der Waals surface area contributed by atoms with E-state index in [0.29, 0.717) is 22.2 Å². The zero-order chi connectivity index (χ0) is 18.7. The van der Waals surface area contributed by atoms with Crippen LogP contribution < -0.4 is 0 Å². The number of thioether (sulfide) groups is 1. The molecular formula is C20H16FNO3S. The maximum Gasteiger partial charge on any atom is 0.340 e. The van der Waals surface area contributed by atoms with Crippen molar-refractivity contribution in [2.75, 3.05) is 12.9 Å². The Bertz CT molecular complexity index is 986. The molecule has 0 radical (unpaired) electrons. The van der Waals surface area contributed by atoms with Gasteiger partial charge < -0.3 is 4.74 Å². The molecule has 0 unspecified atom stereocenters. The molecule has 0 N–H and O–H groups in total. The molecule has 0 fully saturated rings. The van der Waals surface area contributed by atoms with Gasteiger partial charge in [0, 0.05) is 21.9 Å². The third-order valence-corrected chi connectivity index (χ3v) is 4.68. The molecule has 0 aliphatic rings. The molecule has 0 saturated heterocycles. The minimum atomic E-state index is -0.629. The van der Waals surface area contributed by atoms with Crippen molar-refractivity contribution in [3.05, 3.63) is 71.2 Å². The molecule has 6 heteroatoms. The first-order valence-corrected chi connectivity index (χ1v) is 9.11. The Balaban J connectivity index is 1.73. The van der Waals surface area contributed by atoms with Crippen molar-refractivity contribution in [2.45, 2.75) is 11.8 Å². The van der Waals surface area contributed by atoms with Crippen molar-refractivity contribution in [1.29, 1.82) is 0 Å². The van der Waals surface area contributed by atoms with Crippen LogP contribution in [-0.4, -0.2) is 29.6 Å². The topological polar surface area (TPSA) is 56.3 Å². The van der Waals surface area contributed by atoms with Gasteiger partial charge >= 0.3 is 5.97 Å². The number of ether oxygens (including phenoxy) is 1. The first-order chi connectivity index (χ1) is 12.5. The summed E-state index contributed by atoms with van der Waals surface area (Å²) in [5.74, 6) is -1.30. The molecule has 0 saturated carbocycles. The van der Waals surface area contributed by atoms with E-state index in [4.69, 9.17) is 4.74 Å². The third-order valence-electron chi connectivity index (χ3n) is 3.94. The Hall–Kier alpha value is -2.73. The first kappa shape index (κ1) is 18.1. The Kier molecular flexibility index (Phi) is 5.32. The molecule has 1 aromatic heterocycles. The highest BCUT2D eigenvalue weighted by atomic mass is 32.2. The lowest BCUT2D eigenvalue weighted by molar-refractivity contribution is 0.0473. The van der Waals surface area contributed by atoms with Crippen molar-refractivity contribution >= 4 is 34.4 Å². The summed E-state index contributed by atoms with van der Waals surface area (Å²) in [4.78, 5) is 29.8. The quantitative estimate of drug-likeness (QED) is 0.378. The lowest BCUT2D eigenvalue weighted by atomic mass is 10.1. The van der Waals surface area contributed by atoms with Crippen LogP contribution in [0.4, 0.5) is 4.39 Å². The molecule has 0 bridgehead atoms. The summed E-state index contributed by atoms with van der Waals surface area (Å²) >= 11 is 1.58. The molecule has 26 heavy (non-hydrogen) atoms. The van der Waals surface area contributed by atoms with Gasteiger partial charge in [0.05, 0.1) is 16.8 Å². The number of esters is 1. The van der Waals surface area contributed by atoms with E-state index < -0.39 is 11.8 Å². The summed E-state index contributed by atoms with van der Waals surface area (Å²) in [6.45, 7) is 1.29. The van der Waals surface area contributed by atoms with Gasteiger partial charge in [-0.15, -0.1) is 11.8 Å². The summed E-state index contributed by atoms with van der Waals surface area (Å²) in [5.41, 5.74) is 1.63. The van der Waals surface area contributed by atoms with Crippen LogP contribution in [0.1, 0.15) is 26.4 Å². The second-order valence-corrected chi connectivity index (χ2v) is 6.57. The molecular weight excluding hydrogens is 353 g/mol. The fraction of sp³-hybridized carbons (Fsp3) is 0.150. The second-order valence-electron chi connectivity index (χ2n) is 5.69. The van der Waals surface area contributed by atoms with Crippen molar-refractivity contribution in [3.8, 4) is 0 Å². The monoisotopic (exact) mass is 369 g/mol. The van der Waals surface area contributed by atoms with E-state index in [9.17, 15) is 14.0 Å². The number of hydrogen-bond donors (Lipinski definition) is 0. The van der Waals surface area contributed by atoms with Gasteiger partial charge in [0.25, 0.3) is 0 Å². The van der Waals surface area contributed by atoms with E-state index in [2.05, 4.69) is 4.98 Å². The zero-order valence-electron chi connectivity index (χ0n) is 14.3. The van der Waals surface area contributed by atoms with Gasteiger partial charge in [0.15, 0.2) is 12.4 Å². The molecule has 0 aliphatic heterocycles. The summed E-state index contributed by atoms with van der Waals surface area (Å²) in [5, 5.41) is 0.628. The van der Waals surface area contributed by atoms with Gasteiger partial charge in [-0.2, -0.15) is 0 Å². The minimum Gasteiger partial charge on any atom is -0.454 e. The first-order valence-electron chi connectivity index (χ1n) is 7.89. The van der Waals surface area contributed by atoms with Crippen molar-refractivity contribution in [2.24, 2.45) is 0 Å². The van der Waals surface area contributed by atoms with Gasteiger partial charge in [-0.25, -0.2) is 9.18 Å². The van der Waals surface area contributed by atoms with Crippen LogP contribution in [0.25, 0.3) is 10.9 Å². The standard InChI is InChI=1S/C20H16FNO3S/c1-12-17(9-14-3-6-15(21)10-18(14)22-12)20(24)25-11-19(23)13-4-7-16(26-2)8-5-13/h3-10H,11H2,1-2H3. The maximum atomic E-state index is 13.3. The molecule has 0 spiro atoms. The maximum absolute atomic E-state index is 13.3. The van der Waals surface area contributed by atoms with E-state index in [1.54, 1.807) is 43.0 Å². The van der Waals surface area contributed by atoms with Crippen LogP contribution in [0.5, 0.6) is 0 Å². The number of ketones is 1. The predicted octanol–water partition coefficient (Wildman–Crippen LogP) is 4.44. The van der Waals surface area contributed by atoms with Gasteiger partial charge in [0.1, 0.15) is 5.82 Å². The number of benzene rings is 2. The highest BCUT2D eigenvalue weighted by Crippen LogP contribution is 2.19. The van der Waals surface area contributed by atoms with Crippen LogP contribution in [0.15, 0.2) is 53.4 Å². The fourth-order valence-corrected chi connectivity index (χ4v) is 2.92. The highest BCUT2D eigenvalue weighted by molar-refractivity contribution is 7.98. The number of carbonyl (C=O) groups excluding carboxylic acids is 2. The normalized spacial score (nSPS) is 10.7. The number of carbonyl (C=O) groups is 2. The number of aryl methyl sites for hydroxylation is 1. The molecule has 4 nitrogen and oxygen atoms in total. The SMILES string of the molecule is CSc1ccc(C(=O)COC(=O)c2cc3ccc(F)cc3nc2C)cc1. The Morgan fingerprint density at radius 3 is 2.54 bits per heavy atom. The van der Waals surface area contributed by atoms with Crippen LogP contribution in [-0.2, 0) is 4.74 Å². The molecule has 0 aliphatic carbocycles. The highest BCUT2D eigenvalue weighted by Gasteiger charge is 2.16. The summed E-state index contributed by atoms with van der Waals surface area (Å²) in [7, 11) is 0. The number of fused-ring (bicyclic) bond motifs is 1. The van der Waals surface area contributed by atoms with Crippen LogP contribution in [0, 0.1) is 12.7 Å². The van der Waals surface area contributed by atoms with Gasteiger partial charge in [0.2, 0.25) is 0 Å². The average molecular weight is 369 g/mol. The van der Waals surface area contributed by atoms with Crippen molar-refractivity contribution in [3.63, 3.8) is 0 Å². The lowest BCUT2D eigenvalue weighted by Gasteiger charge is -2.08. The smallest absolute Gasteiger partial charge is 0.340 e. The zero-order valence-corrected chi connectivity index (χ0v) is 15.1. The second kappa shape index (κ2) is 7.66. The molecule has 0 atom stereocenters. The minimum absolute atomic E-state index is 0.259. The molecule has 2 aromatic carbocycles. The van der Waals surface area contributed by atoms with E-state index in [0.717, 1.165) is 4.90 Å². The van der Waals surface area contributed by atoms with E-state index >= 15 is 0 Å². The summed E-state index contributed by atoms with van der Waals surface area (Å²) < 4.78 is 18.4. The van der Waals surface area contributed by atoms with Gasteiger partial charge in [-0.05, 0) is 43.5 Å². The number of hydrogen-bond acceptors (Lipinski definition) is 5. The Labute approximate surface area is 154 Å². The number of halogens is 1. The Morgan fingerprint density at radius 1 is 1.12 bits per heavy atom. The van der Waals surface area contributed by atoms with E-state index in [1.807, 2.05) is 18.4 Å². The van der Waals surface area contributed by atoms with E-state index in [-0.39, 0.29) is 18.0 Å². The average Bonchev–Trinajstić information content (AvgIpc) is 2.65. The molecule has 132 valence electrons. The number of nitrogens with zero attached hydrogens (tertiary/aromatic N) is 1. The van der Waals surface area contributed by atoms with Crippen molar-refractivity contribution in [1.82, 2.24) is 4.98 Å². The number of pyridine rings is 1. The predicted molar refractivity (Wildman–Crippen MR) is 99.3 cm³/mol. The molecule has 3 aromatic rings. The van der Waals surface area contributed by atoms with Gasteiger partial charge in [-0.3, -0.25) is 9.78 Å². The van der Waals surface area contributed by atoms with Crippen molar-refractivity contribution < 1.29 is 18.7 Å². The van der Waals surface area contributed by atoms with E-state index in [1.165, 1.54) is 12.1 Å². The Morgan fingerprint density at radius 2 is 1.85 bits per heavy atom.